The summed E-state index contributed by atoms with van der Waals surface area (Å²) in [5, 5.41) is 9.29. The number of aromatic nitrogens is 2. The molecule has 0 aliphatic rings. The van der Waals surface area contributed by atoms with Crippen LogP contribution in [0.3, 0.4) is 0 Å². The third kappa shape index (κ3) is 5.23. The summed E-state index contributed by atoms with van der Waals surface area (Å²) in [6.45, 7) is 2.18. The fourth-order valence-electron chi connectivity index (χ4n) is 2.91. The molecule has 0 saturated heterocycles. The maximum atomic E-state index is 5.92. The Hall–Kier alpha value is -1.67. The summed E-state index contributed by atoms with van der Waals surface area (Å²) in [6.07, 6.45) is 1.72. The van der Waals surface area contributed by atoms with Crippen LogP contribution in [0.5, 0.6) is 0 Å². The molecule has 28 heavy (non-hydrogen) atoms. The number of hydrogen-bond donors (Lipinski definition) is 0. The number of benzene rings is 2. The van der Waals surface area contributed by atoms with Crippen molar-refractivity contribution in [3.63, 3.8) is 0 Å². The van der Waals surface area contributed by atoms with E-state index < -0.39 is 0 Å². The van der Waals surface area contributed by atoms with Gasteiger partial charge in [-0.3, -0.25) is 0 Å². The number of halogens is 1. The second kappa shape index (κ2) is 10.2. The molecule has 0 saturated carbocycles. The Kier molecular flexibility index (Phi) is 7.67. The highest BCUT2D eigenvalue weighted by molar-refractivity contribution is 9.10. The van der Waals surface area contributed by atoms with Gasteiger partial charge < -0.3 is 13.9 Å². The first-order chi connectivity index (χ1) is 13.6. The van der Waals surface area contributed by atoms with Gasteiger partial charge in [0.05, 0.1) is 0 Å². The molecule has 3 rings (SSSR count). The molecule has 0 bridgehead atoms. The predicted octanol–water partition coefficient (Wildman–Crippen LogP) is 6.42. The average molecular weight is 463 g/mol. The van der Waals surface area contributed by atoms with Crippen molar-refractivity contribution in [1.82, 2.24) is 10.2 Å². The van der Waals surface area contributed by atoms with Crippen LogP contribution in [0.2, 0.25) is 0 Å². The molecule has 1 unspecified atom stereocenters. The van der Waals surface area contributed by atoms with E-state index in [1.165, 1.54) is 5.56 Å². The van der Waals surface area contributed by atoms with Crippen LogP contribution in [0.15, 0.2) is 62.6 Å². The third-order valence-corrected chi connectivity index (χ3v) is 5.93. The molecule has 1 aromatic heterocycles. The van der Waals surface area contributed by atoms with Crippen molar-refractivity contribution in [2.75, 3.05) is 14.2 Å². The van der Waals surface area contributed by atoms with E-state index in [4.69, 9.17) is 13.9 Å². The number of hydrogen-bond acceptors (Lipinski definition) is 6. The molecular weight excluding hydrogens is 440 g/mol. The highest BCUT2D eigenvalue weighted by Gasteiger charge is 2.18. The summed E-state index contributed by atoms with van der Waals surface area (Å²) < 4.78 is 17.5. The first-order valence-electron chi connectivity index (χ1n) is 9.06. The Morgan fingerprint density at radius 3 is 2.43 bits per heavy atom. The minimum absolute atomic E-state index is 0.266. The Morgan fingerprint density at radius 1 is 1.04 bits per heavy atom. The van der Waals surface area contributed by atoms with Crippen molar-refractivity contribution in [1.29, 1.82) is 0 Å². The number of ether oxygens (including phenoxy) is 2. The van der Waals surface area contributed by atoms with Crippen molar-refractivity contribution >= 4 is 27.7 Å². The standard InChI is InChI=1S/C21H23BrN2O3S/c1-4-6-18(16-7-5-8-17(22)13-16)28-21-24-23-19(27-21)14-9-11-15(12-10-14)20(25-2)26-3/h5,7-13,18,20H,4,6H2,1-3H3. The molecule has 0 spiro atoms. The van der Waals surface area contributed by atoms with Crippen molar-refractivity contribution in [2.24, 2.45) is 0 Å². The van der Waals surface area contributed by atoms with Crippen LogP contribution in [0.25, 0.3) is 11.5 Å². The van der Waals surface area contributed by atoms with Gasteiger partial charge >= 0.3 is 0 Å². The van der Waals surface area contributed by atoms with Gasteiger partial charge in [0, 0.05) is 35.1 Å². The average Bonchev–Trinajstić information content (AvgIpc) is 3.18. The van der Waals surface area contributed by atoms with E-state index in [9.17, 15) is 0 Å². The molecule has 0 radical (unpaired) electrons. The van der Waals surface area contributed by atoms with Crippen molar-refractivity contribution in [2.45, 2.75) is 36.5 Å². The molecule has 0 aliphatic carbocycles. The summed E-state index contributed by atoms with van der Waals surface area (Å²) in [4.78, 5) is 0. The predicted molar refractivity (Wildman–Crippen MR) is 114 cm³/mol. The number of thioether (sulfide) groups is 1. The van der Waals surface area contributed by atoms with Crippen LogP contribution in [0, 0.1) is 0 Å². The number of nitrogens with zero attached hydrogens (tertiary/aromatic N) is 2. The molecule has 148 valence electrons. The number of methoxy groups -OCH3 is 2. The lowest BCUT2D eigenvalue weighted by Gasteiger charge is -2.14. The van der Waals surface area contributed by atoms with Gasteiger partial charge in [-0.25, -0.2) is 0 Å². The zero-order chi connectivity index (χ0) is 19.9. The monoisotopic (exact) mass is 462 g/mol. The minimum atomic E-state index is -0.386. The fourth-order valence-corrected chi connectivity index (χ4v) is 4.42. The van der Waals surface area contributed by atoms with Crippen LogP contribution in [-0.2, 0) is 9.47 Å². The van der Waals surface area contributed by atoms with Gasteiger partial charge in [0.15, 0.2) is 6.29 Å². The molecule has 0 amide bonds. The lowest BCUT2D eigenvalue weighted by Crippen LogP contribution is -2.03. The van der Waals surface area contributed by atoms with E-state index >= 15 is 0 Å². The quantitative estimate of drug-likeness (QED) is 0.270. The van der Waals surface area contributed by atoms with Gasteiger partial charge in [-0.1, -0.05) is 65.3 Å². The Morgan fingerprint density at radius 2 is 1.79 bits per heavy atom. The van der Waals surface area contributed by atoms with Crippen LogP contribution in [-0.4, -0.2) is 24.4 Å². The molecule has 0 fully saturated rings. The van der Waals surface area contributed by atoms with E-state index in [0.717, 1.165) is 28.4 Å². The lowest BCUT2D eigenvalue weighted by atomic mass is 10.1. The molecule has 1 heterocycles. The van der Waals surface area contributed by atoms with E-state index in [0.29, 0.717) is 11.1 Å². The smallest absolute Gasteiger partial charge is 0.277 e. The molecule has 7 heteroatoms. The minimum Gasteiger partial charge on any atom is -0.411 e. The molecule has 5 nitrogen and oxygen atoms in total. The first-order valence-corrected chi connectivity index (χ1v) is 10.7. The fraction of sp³-hybridized carbons (Fsp3) is 0.333. The van der Waals surface area contributed by atoms with Crippen LogP contribution in [0.1, 0.15) is 42.4 Å². The maximum Gasteiger partial charge on any atom is 0.277 e. The second-order valence-corrected chi connectivity index (χ2v) is 8.32. The zero-order valence-corrected chi connectivity index (χ0v) is 18.5. The van der Waals surface area contributed by atoms with E-state index in [1.807, 2.05) is 30.3 Å². The van der Waals surface area contributed by atoms with Gasteiger partial charge in [0.1, 0.15) is 0 Å². The number of rotatable bonds is 9. The highest BCUT2D eigenvalue weighted by Crippen LogP contribution is 2.39. The lowest BCUT2D eigenvalue weighted by molar-refractivity contribution is -0.106. The van der Waals surface area contributed by atoms with Crippen molar-refractivity contribution < 1.29 is 13.9 Å². The summed E-state index contributed by atoms with van der Waals surface area (Å²) in [5.74, 6) is 0.505. The van der Waals surface area contributed by atoms with Crippen LogP contribution in [0.4, 0.5) is 0 Å². The molecule has 0 N–H and O–H groups in total. The van der Waals surface area contributed by atoms with E-state index in [2.05, 4.69) is 51.3 Å². The Balaban J connectivity index is 1.75. The van der Waals surface area contributed by atoms with Gasteiger partial charge in [0.2, 0.25) is 5.89 Å². The molecule has 3 aromatic rings. The van der Waals surface area contributed by atoms with Crippen LogP contribution >= 0.6 is 27.7 Å². The summed E-state index contributed by atoms with van der Waals surface area (Å²) in [5.41, 5.74) is 3.04. The highest BCUT2D eigenvalue weighted by atomic mass is 79.9. The van der Waals surface area contributed by atoms with Gasteiger partial charge in [0.25, 0.3) is 5.22 Å². The largest absolute Gasteiger partial charge is 0.411 e. The molecular formula is C21H23BrN2O3S. The maximum absolute atomic E-state index is 5.92. The first kappa shape index (κ1) is 21.0. The Labute approximate surface area is 178 Å². The summed E-state index contributed by atoms with van der Waals surface area (Å²) >= 11 is 5.15. The van der Waals surface area contributed by atoms with Gasteiger partial charge in [-0.2, -0.15) is 0 Å². The second-order valence-electron chi connectivity index (χ2n) is 6.25. The van der Waals surface area contributed by atoms with Crippen molar-refractivity contribution in [3.05, 3.63) is 64.1 Å². The normalized spacial score (nSPS) is 12.5. The molecule has 2 aromatic carbocycles. The van der Waals surface area contributed by atoms with E-state index in [-0.39, 0.29) is 11.5 Å². The van der Waals surface area contributed by atoms with Gasteiger partial charge in [-0.05, 0) is 36.2 Å². The SMILES string of the molecule is CCCC(Sc1nnc(-c2ccc(C(OC)OC)cc2)o1)c1cccc(Br)c1. The Bertz CT molecular complexity index is 881. The zero-order valence-electron chi connectivity index (χ0n) is 16.1. The van der Waals surface area contributed by atoms with Crippen molar-refractivity contribution in [3.8, 4) is 11.5 Å². The third-order valence-electron chi connectivity index (χ3n) is 4.28. The summed E-state index contributed by atoms with van der Waals surface area (Å²) in [6, 6.07) is 16.1. The van der Waals surface area contributed by atoms with E-state index in [1.54, 1.807) is 26.0 Å². The molecule has 1 atom stereocenters. The topological polar surface area (TPSA) is 57.4 Å². The van der Waals surface area contributed by atoms with Crippen LogP contribution < -0.4 is 0 Å². The molecule has 0 aliphatic heterocycles. The van der Waals surface area contributed by atoms with Gasteiger partial charge in [-0.15, -0.1) is 10.2 Å². The summed E-state index contributed by atoms with van der Waals surface area (Å²) in [7, 11) is 3.23.